The number of hydrogen-bond donors (Lipinski definition) is 1. The molecule has 1 amide bonds. The smallest absolute Gasteiger partial charge is 0.249 e. The highest BCUT2D eigenvalue weighted by Crippen LogP contribution is 2.45. The fraction of sp³-hybridized carbons (Fsp3) is 0.333. The van der Waals surface area contributed by atoms with Gasteiger partial charge in [-0.3, -0.25) is 9.69 Å². The van der Waals surface area contributed by atoms with Crippen molar-refractivity contribution >= 4 is 41.1 Å². The molecule has 2 aromatic rings. The highest BCUT2D eigenvalue weighted by atomic mass is 35.5. The van der Waals surface area contributed by atoms with Gasteiger partial charge < -0.3 is 10.1 Å². The maximum absolute atomic E-state index is 13.3. The number of aldehydes is 1. The minimum absolute atomic E-state index is 0.0564. The van der Waals surface area contributed by atoms with Crippen LogP contribution in [0.3, 0.4) is 0 Å². The van der Waals surface area contributed by atoms with Crippen molar-refractivity contribution in [2.45, 2.75) is 24.8 Å². The van der Waals surface area contributed by atoms with Gasteiger partial charge in [0.25, 0.3) is 0 Å². The summed E-state index contributed by atoms with van der Waals surface area (Å²) in [5, 5.41) is 4.23. The van der Waals surface area contributed by atoms with Crippen molar-refractivity contribution in [1.29, 1.82) is 0 Å². The number of halogens is 2. The lowest BCUT2D eigenvalue weighted by Gasteiger charge is -2.43. The van der Waals surface area contributed by atoms with Crippen LogP contribution in [-0.2, 0) is 21.5 Å². The molecule has 4 nitrogen and oxygen atoms in total. The first-order valence-electron chi connectivity index (χ1n) is 9.09. The molecule has 0 aliphatic carbocycles. The standard InChI is InChI=1S/C21H20Cl2N2O2/c22-16-5-1-3-14(9-16)11-21(25-8-2-4-15(12-25)13-26)18-7-6-17(23)10-19(18)24-20(21)27/h1,3,5-7,9-10,13,15H,2,4,8,11-12H2,(H,24,27). The molecule has 6 heteroatoms. The van der Waals surface area contributed by atoms with E-state index in [1.165, 1.54) is 0 Å². The van der Waals surface area contributed by atoms with Gasteiger partial charge in [0.05, 0.1) is 0 Å². The average Bonchev–Trinajstić information content (AvgIpc) is 2.93. The summed E-state index contributed by atoms with van der Waals surface area (Å²) in [6.45, 7) is 1.33. The maximum Gasteiger partial charge on any atom is 0.249 e. The summed E-state index contributed by atoms with van der Waals surface area (Å²) in [7, 11) is 0. The number of carbonyl (C=O) groups is 2. The summed E-state index contributed by atoms with van der Waals surface area (Å²) in [6.07, 6.45) is 3.24. The Morgan fingerprint density at radius 2 is 2.00 bits per heavy atom. The molecule has 0 spiro atoms. The summed E-state index contributed by atoms with van der Waals surface area (Å²) in [4.78, 5) is 26.9. The number of fused-ring (bicyclic) bond motifs is 1. The van der Waals surface area contributed by atoms with Crippen LogP contribution in [0.25, 0.3) is 0 Å². The molecule has 0 saturated carbocycles. The van der Waals surface area contributed by atoms with E-state index < -0.39 is 5.54 Å². The molecule has 0 aromatic heterocycles. The molecule has 2 aliphatic heterocycles. The number of benzene rings is 2. The van der Waals surface area contributed by atoms with Crippen LogP contribution in [-0.4, -0.2) is 30.2 Å². The van der Waals surface area contributed by atoms with Crippen LogP contribution in [0.2, 0.25) is 10.0 Å². The summed E-state index contributed by atoms with van der Waals surface area (Å²) >= 11 is 12.3. The Morgan fingerprint density at radius 3 is 2.78 bits per heavy atom. The minimum Gasteiger partial charge on any atom is -0.324 e. The van der Waals surface area contributed by atoms with Crippen molar-refractivity contribution in [2.75, 3.05) is 18.4 Å². The lowest BCUT2D eigenvalue weighted by atomic mass is 9.81. The van der Waals surface area contributed by atoms with Crippen LogP contribution >= 0.6 is 23.2 Å². The van der Waals surface area contributed by atoms with Crippen LogP contribution in [0.15, 0.2) is 42.5 Å². The summed E-state index contributed by atoms with van der Waals surface area (Å²) < 4.78 is 0. The van der Waals surface area contributed by atoms with Gasteiger partial charge in [-0.2, -0.15) is 0 Å². The van der Waals surface area contributed by atoms with Crippen LogP contribution < -0.4 is 5.32 Å². The van der Waals surface area contributed by atoms with Crippen molar-refractivity contribution in [2.24, 2.45) is 5.92 Å². The highest BCUT2D eigenvalue weighted by Gasteiger charge is 2.52. The fourth-order valence-electron chi connectivity index (χ4n) is 4.34. The number of carbonyl (C=O) groups excluding carboxylic acids is 2. The number of rotatable bonds is 4. The Labute approximate surface area is 168 Å². The molecule has 2 aliphatic rings. The van der Waals surface area contributed by atoms with Crippen molar-refractivity contribution < 1.29 is 9.59 Å². The van der Waals surface area contributed by atoms with E-state index in [-0.39, 0.29) is 11.8 Å². The summed E-state index contributed by atoms with van der Waals surface area (Å²) in [6, 6.07) is 13.1. The molecule has 140 valence electrons. The quantitative estimate of drug-likeness (QED) is 0.775. The molecule has 1 N–H and O–H groups in total. The van der Waals surface area contributed by atoms with Gasteiger partial charge in [-0.1, -0.05) is 41.4 Å². The zero-order valence-electron chi connectivity index (χ0n) is 14.8. The number of piperidine rings is 1. The Hall–Kier alpha value is -1.88. The molecular formula is C21H20Cl2N2O2. The van der Waals surface area contributed by atoms with E-state index in [4.69, 9.17) is 23.2 Å². The molecule has 27 heavy (non-hydrogen) atoms. The Morgan fingerprint density at radius 1 is 1.19 bits per heavy atom. The van der Waals surface area contributed by atoms with Crippen LogP contribution in [0.5, 0.6) is 0 Å². The van der Waals surface area contributed by atoms with Gasteiger partial charge in [0.1, 0.15) is 11.8 Å². The third-order valence-corrected chi connectivity index (χ3v) is 6.06. The van der Waals surface area contributed by atoms with E-state index in [1.807, 2.05) is 36.4 Å². The van der Waals surface area contributed by atoms with Crippen molar-refractivity contribution in [1.82, 2.24) is 4.90 Å². The first-order valence-corrected chi connectivity index (χ1v) is 9.85. The predicted molar refractivity (Wildman–Crippen MR) is 107 cm³/mol. The van der Waals surface area contributed by atoms with Gasteiger partial charge in [-0.25, -0.2) is 0 Å². The van der Waals surface area contributed by atoms with E-state index in [1.54, 1.807) is 6.07 Å². The second-order valence-electron chi connectivity index (χ2n) is 7.30. The average molecular weight is 403 g/mol. The second kappa shape index (κ2) is 7.27. The summed E-state index contributed by atoms with van der Waals surface area (Å²) in [5.41, 5.74) is 1.76. The van der Waals surface area contributed by atoms with Gasteiger partial charge in [0, 0.05) is 40.2 Å². The Kier molecular flexibility index (Phi) is 4.97. The number of amides is 1. The van der Waals surface area contributed by atoms with Gasteiger partial charge in [0.2, 0.25) is 5.91 Å². The number of nitrogens with one attached hydrogen (secondary N) is 1. The first-order chi connectivity index (χ1) is 13.0. The zero-order chi connectivity index (χ0) is 19.0. The Bertz CT molecular complexity index is 902. The SMILES string of the molecule is O=CC1CCCN(C2(Cc3cccc(Cl)c3)C(=O)Nc3cc(Cl)ccc32)C1. The Balaban J connectivity index is 1.83. The van der Waals surface area contributed by atoms with Gasteiger partial charge in [-0.05, 0) is 49.2 Å². The van der Waals surface area contributed by atoms with Crippen molar-refractivity contribution in [3.63, 3.8) is 0 Å². The van der Waals surface area contributed by atoms with Crippen LogP contribution in [0.4, 0.5) is 5.69 Å². The topological polar surface area (TPSA) is 49.4 Å². The third-order valence-electron chi connectivity index (χ3n) is 5.59. The lowest BCUT2D eigenvalue weighted by Crippen LogP contribution is -2.56. The predicted octanol–water partition coefficient (Wildman–Crippen LogP) is 4.29. The van der Waals surface area contributed by atoms with E-state index in [2.05, 4.69) is 10.2 Å². The van der Waals surface area contributed by atoms with E-state index in [9.17, 15) is 9.59 Å². The zero-order valence-corrected chi connectivity index (χ0v) is 16.3. The van der Waals surface area contributed by atoms with Crippen molar-refractivity contribution in [3.8, 4) is 0 Å². The molecule has 2 heterocycles. The maximum atomic E-state index is 13.3. The second-order valence-corrected chi connectivity index (χ2v) is 8.17. The largest absolute Gasteiger partial charge is 0.324 e. The normalized spacial score (nSPS) is 25.1. The fourth-order valence-corrected chi connectivity index (χ4v) is 4.72. The number of anilines is 1. The van der Waals surface area contributed by atoms with Gasteiger partial charge >= 0.3 is 0 Å². The lowest BCUT2D eigenvalue weighted by molar-refractivity contribution is -0.131. The molecule has 4 rings (SSSR count). The number of likely N-dealkylation sites (tertiary alicyclic amines) is 1. The molecule has 1 fully saturated rings. The first kappa shape index (κ1) is 18.5. The number of nitrogens with zero attached hydrogens (tertiary/aromatic N) is 1. The van der Waals surface area contributed by atoms with E-state index in [0.717, 1.165) is 42.5 Å². The van der Waals surface area contributed by atoms with E-state index >= 15 is 0 Å². The van der Waals surface area contributed by atoms with Gasteiger partial charge in [0.15, 0.2) is 0 Å². The molecule has 2 aromatic carbocycles. The van der Waals surface area contributed by atoms with E-state index in [0.29, 0.717) is 23.0 Å². The molecule has 2 unspecified atom stereocenters. The summed E-state index contributed by atoms with van der Waals surface area (Å²) in [5.74, 6) is -0.134. The van der Waals surface area contributed by atoms with Crippen molar-refractivity contribution in [3.05, 3.63) is 63.6 Å². The van der Waals surface area contributed by atoms with Crippen LogP contribution in [0, 0.1) is 5.92 Å². The molecule has 1 saturated heterocycles. The molecule has 0 radical (unpaired) electrons. The molecule has 2 atom stereocenters. The van der Waals surface area contributed by atoms with Crippen LogP contribution in [0.1, 0.15) is 24.0 Å². The number of hydrogen-bond acceptors (Lipinski definition) is 3. The minimum atomic E-state index is -0.869. The van der Waals surface area contributed by atoms with Gasteiger partial charge in [-0.15, -0.1) is 0 Å². The highest BCUT2D eigenvalue weighted by molar-refractivity contribution is 6.31. The third kappa shape index (κ3) is 3.27. The monoisotopic (exact) mass is 402 g/mol. The molecular weight excluding hydrogens is 383 g/mol. The molecule has 0 bridgehead atoms.